The number of halogens is 3. The lowest BCUT2D eigenvalue weighted by Gasteiger charge is -2.09. The third kappa shape index (κ3) is 2.15. The summed E-state index contributed by atoms with van der Waals surface area (Å²) in [5, 5.41) is 4.13. The Hall–Kier alpha value is -3.16. The van der Waals surface area contributed by atoms with Crippen LogP contribution in [0.25, 0.3) is 28.2 Å². The molecule has 0 bridgehead atoms. The van der Waals surface area contributed by atoms with Crippen molar-refractivity contribution in [3.8, 4) is 22.5 Å². The van der Waals surface area contributed by atoms with Crippen molar-refractivity contribution >= 4 is 5.65 Å². The van der Waals surface area contributed by atoms with Crippen molar-refractivity contribution in [2.24, 2.45) is 0 Å². The Morgan fingerprint density at radius 1 is 1.00 bits per heavy atom. The molecule has 26 heavy (non-hydrogen) atoms. The van der Waals surface area contributed by atoms with Crippen LogP contribution in [-0.4, -0.2) is 24.1 Å². The highest BCUT2D eigenvalue weighted by molar-refractivity contribution is 5.79. The molecule has 0 aliphatic carbocycles. The lowest BCUT2D eigenvalue weighted by atomic mass is 10.1. The maximum Gasteiger partial charge on any atom is 0.194 e. The van der Waals surface area contributed by atoms with Crippen molar-refractivity contribution in [1.82, 2.24) is 24.1 Å². The monoisotopic (exact) mass is 355 g/mol. The summed E-state index contributed by atoms with van der Waals surface area (Å²) in [5.74, 6) is -3.10. The number of aryl methyl sites for hydroxylation is 1. The van der Waals surface area contributed by atoms with Crippen molar-refractivity contribution in [2.75, 3.05) is 0 Å². The lowest BCUT2D eigenvalue weighted by Crippen LogP contribution is -1.99. The van der Waals surface area contributed by atoms with E-state index in [-0.39, 0.29) is 5.56 Å². The summed E-state index contributed by atoms with van der Waals surface area (Å²) in [5.41, 5.74) is 2.85. The van der Waals surface area contributed by atoms with Gasteiger partial charge < -0.3 is 4.57 Å². The molecule has 4 heterocycles. The first kappa shape index (κ1) is 15.1. The van der Waals surface area contributed by atoms with Crippen molar-refractivity contribution in [3.63, 3.8) is 0 Å². The van der Waals surface area contributed by atoms with Crippen LogP contribution in [0.15, 0.2) is 36.8 Å². The van der Waals surface area contributed by atoms with Crippen LogP contribution in [0, 0.1) is 17.5 Å². The number of imidazole rings is 1. The molecule has 130 valence electrons. The molecule has 0 fully saturated rings. The average molecular weight is 355 g/mol. The van der Waals surface area contributed by atoms with Gasteiger partial charge in [-0.1, -0.05) is 0 Å². The van der Waals surface area contributed by atoms with E-state index in [9.17, 15) is 13.2 Å². The summed E-state index contributed by atoms with van der Waals surface area (Å²) >= 11 is 0. The zero-order valence-electron chi connectivity index (χ0n) is 13.5. The average Bonchev–Trinajstić information content (AvgIpc) is 3.33. The molecule has 0 atom stereocenters. The molecule has 0 unspecified atom stereocenters. The van der Waals surface area contributed by atoms with Gasteiger partial charge in [-0.3, -0.25) is 0 Å². The Balaban J connectivity index is 1.77. The van der Waals surface area contributed by atoms with E-state index in [0.717, 1.165) is 48.6 Å². The summed E-state index contributed by atoms with van der Waals surface area (Å²) < 4.78 is 44.5. The van der Waals surface area contributed by atoms with Gasteiger partial charge in [0.1, 0.15) is 12.2 Å². The smallest absolute Gasteiger partial charge is 0.194 e. The van der Waals surface area contributed by atoms with E-state index in [0.29, 0.717) is 11.3 Å². The van der Waals surface area contributed by atoms with Gasteiger partial charge in [-0.2, -0.15) is 5.10 Å². The normalized spacial score (nSPS) is 13.5. The Morgan fingerprint density at radius 2 is 1.81 bits per heavy atom. The Morgan fingerprint density at radius 3 is 2.62 bits per heavy atom. The van der Waals surface area contributed by atoms with Crippen LogP contribution < -0.4 is 0 Å². The molecule has 1 aromatic carbocycles. The van der Waals surface area contributed by atoms with Crippen LogP contribution in [0.4, 0.5) is 13.2 Å². The van der Waals surface area contributed by atoms with Gasteiger partial charge in [0.25, 0.3) is 0 Å². The van der Waals surface area contributed by atoms with Crippen LogP contribution in [0.3, 0.4) is 0 Å². The van der Waals surface area contributed by atoms with Gasteiger partial charge in [0.15, 0.2) is 23.1 Å². The van der Waals surface area contributed by atoms with Crippen LogP contribution in [0.5, 0.6) is 0 Å². The zero-order chi connectivity index (χ0) is 17.8. The number of hydrogen-bond acceptors (Lipinski definition) is 3. The van der Waals surface area contributed by atoms with Gasteiger partial charge in [-0.05, 0) is 30.7 Å². The molecule has 1 aliphatic heterocycles. The van der Waals surface area contributed by atoms with E-state index in [2.05, 4.69) is 15.1 Å². The van der Waals surface area contributed by atoms with Crippen LogP contribution in [-0.2, 0) is 13.0 Å². The summed E-state index contributed by atoms with van der Waals surface area (Å²) in [6.07, 6.45) is 4.98. The minimum absolute atomic E-state index is 0.206. The highest BCUT2D eigenvalue weighted by Crippen LogP contribution is 2.36. The topological polar surface area (TPSA) is 48.0 Å². The number of benzene rings is 1. The maximum atomic E-state index is 13.8. The molecular weight excluding hydrogens is 343 g/mol. The largest absolute Gasteiger partial charge is 0.327 e. The van der Waals surface area contributed by atoms with Gasteiger partial charge in [0.2, 0.25) is 0 Å². The summed E-state index contributed by atoms with van der Waals surface area (Å²) in [7, 11) is 0. The molecule has 0 N–H and O–H groups in total. The fraction of sp³-hybridized carbons (Fsp3) is 0.167. The highest BCUT2D eigenvalue weighted by atomic mass is 19.2. The molecule has 3 aromatic heterocycles. The molecule has 0 spiro atoms. The molecule has 5 rings (SSSR count). The van der Waals surface area contributed by atoms with Crippen molar-refractivity contribution in [3.05, 3.63) is 60.1 Å². The molecule has 0 saturated heterocycles. The van der Waals surface area contributed by atoms with Gasteiger partial charge >= 0.3 is 0 Å². The molecule has 8 heteroatoms. The first-order chi connectivity index (χ1) is 12.6. The van der Waals surface area contributed by atoms with Crippen molar-refractivity contribution in [1.29, 1.82) is 0 Å². The third-order valence-electron chi connectivity index (χ3n) is 4.63. The third-order valence-corrected chi connectivity index (χ3v) is 4.63. The zero-order valence-corrected chi connectivity index (χ0v) is 13.5. The number of nitrogens with zero attached hydrogens (tertiary/aromatic N) is 5. The second-order valence-electron chi connectivity index (χ2n) is 6.21. The Kier molecular flexibility index (Phi) is 3.15. The fourth-order valence-corrected chi connectivity index (χ4v) is 3.47. The van der Waals surface area contributed by atoms with Gasteiger partial charge in [-0.25, -0.2) is 27.7 Å². The predicted octanol–water partition coefficient (Wildman–Crippen LogP) is 3.62. The number of rotatable bonds is 2. The molecule has 0 radical (unpaired) electrons. The summed E-state index contributed by atoms with van der Waals surface area (Å²) in [4.78, 5) is 8.69. The Bertz CT molecular complexity index is 1140. The van der Waals surface area contributed by atoms with E-state index >= 15 is 0 Å². The van der Waals surface area contributed by atoms with E-state index in [1.807, 2.05) is 16.7 Å². The van der Waals surface area contributed by atoms with Crippen LogP contribution in [0.1, 0.15) is 12.2 Å². The minimum atomic E-state index is -1.48. The van der Waals surface area contributed by atoms with E-state index in [1.54, 1.807) is 10.7 Å². The van der Waals surface area contributed by atoms with Gasteiger partial charge in [0.05, 0.1) is 11.4 Å². The first-order valence-corrected chi connectivity index (χ1v) is 8.16. The fourth-order valence-electron chi connectivity index (χ4n) is 3.47. The van der Waals surface area contributed by atoms with Gasteiger partial charge in [-0.15, -0.1) is 0 Å². The van der Waals surface area contributed by atoms with Crippen molar-refractivity contribution in [2.45, 2.75) is 19.4 Å². The molecule has 1 aliphatic rings. The molecule has 5 nitrogen and oxygen atoms in total. The second-order valence-corrected chi connectivity index (χ2v) is 6.21. The van der Waals surface area contributed by atoms with Crippen molar-refractivity contribution < 1.29 is 13.2 Å². The maximum absolute atomic E-state index is 13.8. The first-order valence-electron chi connectivity index (χ1n) is 8.16. The molecular formula is C18H12F3N5. The number of hydrogen-bond donors (Lipinski definition) is 0. The SMILES string of the molecule is Fc1cc(-c2nc3n(c2-c2ccc4ncnn4c2)CCC3)cc(F)c1F. The second kappa shape index (κ2) is 5.42. The van der Waals surface area contributed by atoms with E-state index < -0.39 is 17.5 Å². The van der Waals surface area contributed by atoms with Gasteiger partial charge in [0, 0.05) is 30.3 Å². The van der Waals surface area contributed by atoms with Crippen LogP contribution in [0.2, 0.25) is 0 Å². The quantitative estimate of drug-likeness (QED) is 0.516. The number of pyridine rings is 1. The minimum Gasteiger partial charge on any atom is -0.327 e. The van der Waals surface area contributed by atoms with E-state index in [1.165, 1.54) is 6.33 Å². The predicted molar refractivity (Wildman–Crippen MR) is 87.8 cm³/mol. The number of aromatic nitrogens is 5. The molecule has 4 aromatic rings. The standard InChI is InChI=1S/C18H12F3N5/c19-12-6-11(7-13(20)16(12)21)17-18(25-5-1-2-15(25)24-17)10-3-4-14-22-9-23-26(14)8-10/h3-4,6-9H,1-2,5H2. The highest BCUT2D eigenvalue weighted by Gasteiger charge is 2.25. The Labute approximate surface area is 145 Å². The summed E-state index contributed by atoms with van der Waals surface area (Å²) in [6, 6.07) is 5.64. The van der Waals surface area contributed by atoms with E-state index in [4.69, 9.17) is 0 Å². The lowest BCUT2D eigenvalue weighted by molar-refractivity contribution is 0.447. The molecule has 0 amide bonds. The molecule has 0 saturated carbocycles. The number of fused-ring (bicyclic) bond motifs is 2. The van der Waals surface area contributed by atoms with Crippen LogP contribution >= 0.6 is 0 Å². The summed E-state index contributed by atoms with van der Waals surface area (Å²) in [6.45, 7) is 0.763.